The number of nitrogens with one attached hydrogen (secondary N) is 1. The van der Waals surface area contributed by atoms with E-state index in [1.54, 1.807) is 4.90 Å². The summed E-state index contributed by atoms with van der Waals surface area (Å²) in [5.41, 5.74) is 6.46. The van der Waals surface area contributed by atoms with Crippen molar-refractivity contribution < 1.29 is 4.79 Å². The molecular formula is C10H16N4O. The molecule has 1 amide bonds. The Bertz CT molecular complexity index is 354. The van der Waals surface area contributed by atoms with Crippen molar-refractivity contribution >= 4 is 11.6 Å². The Morgan fingerprint density at radius 2 is 2.27 bits per heavy atom. The standard InChI is InChI=1S/C10H16N4O/c1-14(7-4-2-3-5-7)10(15)9-8(11)6-12-13-9/h6-7H,2-5,11H2,1H3,(H,12,13). The highest BCUT2D eigenvalue weighted by Gasteiger charge is 2.25. The van der Waals surface area contributed by atoms with E-state index in [1.165, 1.54) is 19.0 Å². The van der Waals surface area contributed by atoms with Gasteiger partial charge in [-0.15, -0.1) is 0 Å². The van der Waals surface area contributed by atoms with Crippen LogP contribution in [0.4, 0.5) is 5.69 Å². The molecule has 1 aromatic heterocycles. The minimum Gasteiger partial charge on any atom is -0.396 e. The molecule has 1 aliphatic carbocycles. The molecule has 0 saturated heterocycles. The van der Waals surface area contributed by atoms with Crippen molar-refractivity contribution in [1.82, 2.24) is 15.1 Å². The van der Waals surface area contributed by atoms with Crippen LogP contribution in [-0.4, -0.2) is 34.1 Å². The van der Waals surface area contributed by atoms with Gasteiger partial charge in [0.15, 0.2) is 0 Å². The predicted octanol–water partition coefficient (Wildman–Crippen LogP) is 1.01. The second-order valence-corrected chi connectivity index (χ2v) is 4.05. The smallest absolute Gasteiger partial charge is 0.274 e. The quantitative estimate of drug-likeness (QED) is 0.761. The van der Waals surface area contributed by atoms with Gasteiger partial charge in [0.05, 0.1) is 11.9 Å². The molecule has 5 nitrogen and oxygen atoms in total. The summed E-state index contributed by atoms with van der Waals surface area (Å²) in [6, 6.07) is 0.361. The Morgan fingerprint density at radius 3 is 2.80 bits per heavy atom. The van der Waals surface area contributed by atoms with Crippen LogP contribution in [0.3, 0.4) is 0 Å². The number of amides is 1. The van der Waals surface area contributed by atoms with E-state index in [2.05, 4.69) is 10.2 Å². The van der Waals surface area contributed by atoms with E-state index >= 15 is 0 Å². The first-order chi connectivity index (χ1) is 7.20. The molecule has 5 heteroatoms. The van der Waals surface area contributed by atoms with E-state index in [-0.39, 0.29) is 5.91 Å². The van der Waals surface area contributed by atoms with Gasteiger partial charge < -0.3 is 10.6 Å². The Balaban J connectivity index is 2.10. The molecule has 15 heavy (non-hydrogen) atoms. The summed E-state index contributed by atoms with van der Waals surface area (Å²) in [4.78, 5) is 13.8. The van der Waals surface area contributed by atoms with Gasteiger partial charge in [-0.2, -0.15) is 5.10 Å². The molecule has 2 rings (SSSR count). The molecule has 1 aromatic rings. The van der Waals surface area contributed by atoms with Crippen LogP contribution < -0.4 is 5.73 Å². The number of hydrogen-bond acceptors (Lipinski definition) is 3. The average Bonchev–Trinajstić information content (AvgIpc) is 2.85. The normalized spacial score (nSPS) is 16.9. The predicted molar refractivity (Wildman–Crippen MR) is 57.3 cm³/mol. The lowest BCUT2D eigenvalue weighted by molar-refractivity contribution is 0.0730. The molecule has 1 saturated carbocycles. The van der Waals surface area contributed by atoms with Crippen molar-refractivity contribution in [3.05, 3.63) is 11.9 Å². The zero-order valence-electron chi connectivity index (χ0n) is 8.86. The van der Waals surface area contributed by atoms with Gasteiger partial charge >= 0.3 is 0 Å². The Morgan fingerprint density at radius 1 is 1.60 bits per heavy atom. The Hall–Kier alpha value is -1.52. The maximum atomic E-state index is 12.0. The number of aromatic amines is 1. The van der Waals surface area contributed by atoms with Crippen LogP contribution in [0.2, 0.25) is 0 Å². The van der Waals surface area contributed by atoms with Gasteiger partial charge in [-0.05, 0) is 12.8 Å². The number of nitrogens with zero attached hydrogens (tertiary/aromatic N) is 2. The molecule has 82 valence electrons. The summed E-state index contributed by atoms with van der Waals surface area (Å²) in [6.45, 7) is 0. The highest BCUT2D eigenvalue weighted by atomic mass is 16.2. The first-order valence-electron chi connectivity index (χ1n) is 5.26. The molecular weight excluding hydrogens is 192 g/mol. The fourth-order valence-electron chi connectivity index (χ4n) is 2.10. The molecule has 0 atom stereocenters. The third-order valence-corrected chi connectivity index (χ3v) is 3.08. The van der Waals surface area contributed by atoms with Crippen LogP contribution in [0.15, 0.2) is 6.20 Å². The number of anilines is 1. The molecule has 0 aliphatic heterocycles. The number of nitrogen functional groups attached to an aromatic ring is 1. The largest absolute Gasteiger partial charge is 0.396 e. The topological polar surface area (TPSA) is 75.0 Å². The second-order valence-electron chi connectivity index (χ2n) is 4.05. The van der Waals surface area contributed by atoms with Crippen molar-refractivity contribution in [2.45, 2.75) is 31.7 Å². The third kappa shape index (κ3) is 1.82. The van der Waals surface area contributed by atoms with Crippen molar-refractivity contribution in [2.75, 3.05) is 12.8 Å². The lowest BCUT2D eigenvalue weighted by Crippen LogP contribution is -2.35. The number of H-pyrrole nitrogens is 1. The second kappa shape index (κ2) is 3.92. The highest BCUT2D eigenvalue weighted by molar-refractivity contribution is 5.97. The zero-order valence-corrected chi connectivity index (χ0v) is 8.86. The van der Waals surface area contributed by atoms with Crippen molar-refractivity contribution in [1.29, 1.82) is 0 Å². The number of hydrogen-bond donors (Lipinski definition) is 2. The van der Waals surface area contributed by atoms with Gasteiger partial charge in [0.2, 0.25) is 0 Å². The minimum atomic E-state index is -0.0584. The maximum Gasteiger partial charge on any atom is 0.274 e. The molecule has 0 bridgehead atoms. The lowest BCUT2D eigenvalue weighted by atomic mass is 10.2. The molecule has 1 heterocycles. The fourth-order valence-corrected chi connectivity index (χ4v) is 2.10. The van der Waals surface area contributed by atoms with E-state index in [9.17, 15) is 4.79 Å². The monoisotopic (exact) mass is 208 g/mol. The SMILES string of the molecule is CN(C(=O)c1[nH]ncc1N)C1CCCC1. The van der Waals surface area contributed by atoms with Gasteiger partial charge in [0.1, 0.15) is 5.69 Å². The van der Waals surface area contributed by atoms with E-state index in [0.717, 1.165) is 12.8 Å². The molecule has 0 spiro atoms. The number of rotatable bonds is 2. The highest BCUT2D eigenvalue weighted by Crippen LogP contribution is 2.24. The van der Waals surface area contributed by atoms with E-state index in [1.807, 2.05) is 7.05 Å². The van der Waals surface area contributed by atoms with E-state index < -0.39 is 0 Å². The summed E-state index contributed by atoms with van der Waals surface area (Å²) < 4.78 is 0. The maximum absolute atomic E-state index is 12.0. The lowest BCUT2D eigenvalue weighted by Gasteiger charge is -2.23. The van der Waals surface area contributed by atoms with E-state index in [4.69, 9.17) is 5.73 Å². The molecule has 3 N–H and O–H groups in total. The average molecular weight is 208 g/mol. The van der Waals surface area contributed by atoms with Crippen LogP contribution in [0.1, 0.15) is 36.2 Å². The van der Waals surface area contributed by atoms with Crippen LogP contribution in [0.5, 0.6) is 0 Å². The van der Waals surface area contributed by atoms with Crippen molar-refractivity contribution in [3.8, 4) is 0 Å². The van der Waals surface area contributed by atoms with Gasteiger partial charge in [-0.1, -0.05) is 12.8 Å². The minimum absolute atomic E-state index is 0.0584. The number of carbonyl (C=O) groups is 1. The number of carbonyl (C=O) groups excluding carboxylic acids is 1. The summed E-state index contributed by atoms with van der Waals surface area (Å²) in [6.07, 6.45) is 6.07. The van der Waals surface area contributed by atoms with E-state index in [0.29, 0.717) is 17.4 Å². The van der Waals surface area contributed by atoms with Crippen molar-refractivity contribution in [3.63, 3.8) is 0 Å². The van der Waals surface area contributed by atoms with Gasteiger partial charge in [0.25, 0.3) is 5.91 Å². The first kappa shape index (κ1) is 10.0. The number of aromatic nitrogens is 2. The molecule has 0 unspecified atom stereocenters. The van der Waals surface area contributed by atoms with Gasteiger partial charge in [-0.25, -0.2) is 0 Å². The Kier molecular flexibility index (Phi) is 2.62. The summed E-state index contributed by atoms with van der Waals surface area (Å²) in [5.74, 6) is -0.0584. The first-order valence-corrected chi connectivity index (χ1v) is 5.26. The third-order valence-electron chi connectivity index (χ3n) is 3.08. The fraction of sp³-hybridized carbons (Fsp3) is 0.600. The molecule has 1 fully saturated rings. The molecule has 1 aliphatic rings. The van der Waals surface area contributed by atoms with Crippen molar-refractivity contribution in [2.24, 2.45) is 0 Å². The van der Waals surface area contributed by atoms with Gasteiger partial charge in [-0.3, -0.25) is 9.89 Å². The summed E-state index contributed by atoms with van der Waals surface area (Å²) >= 11 is 0. The van der Waals surface area contributed by atoms with Crippen LogP contribution in [-0.2, 0) is 0 Å². The Labute approximate surface area is 88.6 Å². The van der Waals surface area contributed by atoms with Crippen LogP contribution in [0, 0.1) is 0 Å². The molecule has 0 aromatic carbocycles. The van der Waals surface area contributed by atoms with Crippen LogP contribution >= 0.6 is 0 Å². The zero-order chi connectivity index (χ0) is 10.8. The summed E-state index contributed by atoms with van der Waals surface area (Å²) in [7, 11) is 1.83. The number of nitrogens with two attached hydrogens (primary N) is 1. The van der Waals surface area contributed by atoms with Crippen LogP contribution in [0.25, 0.3) is 0 Å². The molecule has 0 radical (unpaired) electrons. The van der Waals surface area contributed by atoms with Gasteiger partial charge in [0, 0.05) is 13.1 Å². The summed E-state index contributed by atoms with van der Waals surface area (Å²) in [5, 5.41) is 6.40.